The number of hydrogen-bond acceptors (Lipinski definition) is 1. The van der Waals surface area contributed by atoms with E-state index in [0.29, 0.717) is 0 Å². The fourth-order valence-corrected chi connectivity index (χ4v) is 12.4. The van der Waals surface area contributed by atoms with E-state index in [0.717, 1.165) is 11.4 Å². The van der Waals surface area contributed by atoms with E-state index in [1.807, 2.05) is 0 Å². The van der Waals surface area contributed by atoms with Crippen LogP contribution in [0.4, 0.5) is 11.4 Å². The van der Waals surface area contributed by atoms with Crippen LogP contribution >= 0.6 is 0 Å². The standard InChI is InChI=1S/C60H36B2N2/c1-5-20-40-36(16-1)38-18-3-7-22-42(38)47-27-15-30-54-58(47)61(50-28-12-9-24-44(40)50)52-34-53-57(35-55(52)63-54)64-56-31-14-11-26-46(56)49-33-32-48-43-23-8-4-19-39(43)37-17-2-6-21-41(37)45-25-10-13-29-51(45)62(53)59(48)60(49)64/h1-35,63H. The molecule has 15 rings (SSSR count). The van der Waals surface area contributed by atoms with Crippen LogP contribution in [-0.2, 0) is 0 Å². The molecule has 0 spiro atoms. The summed E-state index contributed by atoms with van der Waals surface area (Å²) in [5.41, 5.74) is 29.3. The molecule has 10 aromatic carbocycles. The summed E-state index contributed by atoms with van der Waals surface area (Å²) in [4.78, 5) is 0. The summed E-state index contributed by atoms with van der Waals surface area (Å²) in [6.07, 6.45) is 0. The van der Waals surface area contributed by atoms with Crippen LogP contribution in [0.3, 0.4) is 0 Å². The van der Waals surface area contributed by atoms with Crippen LogP contribution in [0.2, 0.25) is 0 Å². The van der Waals surface area contributed by atoms with Gasteiger partial charge in [-0.3, -0.25) is 0 Å². The number of para-hydroxylation sites is 1. The van der Waals surface area contributed by atoms with E-state index < -0.39 is 0 Å². The summed E-state index contributed by atoms with van der Waals surface area (Å²) >= 11 is 0. The van der Waals surface area contributed by atoms with E-state index in [1.165, 1.54) is 127 Å². The maximum Gasteiger partial charge on any atom is 0.248 e. The minimum Gasteiger partial charge on any atom is -0.356 e. The van der Waals surface area contributed by atoms with Gasteiger partial charge in [0.25, 0.3) is 0 Å². The molecule has 11 aromatic rings. The average Bonchev–Trinajstić information content (AvgIpc) is 3.73. The Hall–Kier alpha value is -8.07. The normalized spacial score (nSPS) is 13.1. The lowest BCUT2D eigenvalue weighted by molar-refractivity contribution is 1.19. The van der Waals surface area contributed by atoms with Crippen LogP contribution in [0.25, 0.3) is 94.3 Å². The first-order valence-electron chi connectivity index (χ1n) is 22.5. The SMILES string of the molecule is c1ccc2c(c1)B1c3cc4c(cc3Nc3cccc(c31)-c1ccccc1-c1ccccc1-2)-n1c2ccccc2c2ccc3c(c21)B4c1ccccc1-c1ccccc1-c1ccccc1-3. The lowest BCUT2D eigenvalue weighted by Crippen LogP contribution is -2.61. The van der Waals surface area contributed by atoms with E-state index >= 15 is 0 Å². The zero-order valence-corrected chi connectivity index (χ0v) is 34.8. The lowest BCUT2D eigenvalue weighted by atomic mass is 9.30. The predicted molar refractivity (Wildman–Crippen MR) is 272 cm³/mol. The Kier molecular flexibility index (Phi) is 6.88. The summed E-state index contributed by atoms with van der Waals surface area (Å²) in [6.45, 7) is -0.106. The van der Waals surface area contributed by atoms with E-state index in [1.54, 1.807) is 0 Å². The molecule has 0 aliphatic carbocycles. The molecular formula is C60H36B2N2. The molecule has 4 heteroatoms. The number of nitrogens with zero attached hydrogens (tertiary/aromatic N) is 1. The Balaban J connectivity index is 1.12. The largest absolute Gasteiger partial charge is 0.356 e. The molecule has 4 aliphatic rings. The minimum atomic E-state index is -0.0594. The summed E-state index contributed by atoms with van der Waals surface area (Å²) in [6, 6.07) is 80.4. The van der Waals surface area contributed by atoms with Gasteiger partial charge in [-0.15, -0.1) is 0 Å². The van der Waals surface area contributed by atoms with Gasteiger partial charge in [-0.2, -0.15) is 0 Å². The highest BCUT2D eigenvalue weighted by Crippen LogP contribution is 2.44. The quantitative estimate of drug-likeness (QED) is 0.151. The molecular weight excluding hydrogens is 770 g/mol. The van der Waals surface area contributed by atoms with Crippen molar-refractivity contribution < 1.29 is 0 Å². The molecule has 0 amide bonds. The van der Waals surface area contributed by atoms with Gasteiger partial charge in [0.05, 0.1) is 5.52 Å². The minimum absolute atomic E-state index is 0.0470. The van der Waals surface area contributed by atoms with Gasteiger partial charge in [0, 0.05) is 33.4 Å². The Morgan fingerprint density at radius 1 is 0.297 bits per heavy atom. The fraction of sp³-hybridized carbons (Fsp3) is 0. The smallest absolute Gasteiger partial charge is 0.248 e. The molecule has 4 aliphatic heterocycles. The second kappa shape index (κ2) is 12.8. The second-order valence-electron chi connectivity index (χ2n) is 17.9. The number of rotatable bonds is 0. The molecule has 0 unspecified atom stereocenters. The lowest BCUT2D eigenvalue weighted by Gasteiger charge is -2.35. The molecule has 0 radical (unpaired) electrons. The van der Waals surface area contributed by atoms with Crippen LogP contribution in [0.1, 0.15) is 0 Å². The molecule has 1 aromatic heterocycles. The number of benzene rings is 10. The summed E-state index contributed by atoms with van der Waals surface area (Å²) in [5.74, 6) is 0. The van der Waals surface area contributed by atoms with E-state index in [-0.39, 0.29) is 13.4 Å². The van der Waals surface area contributed by atoms with Gasteiger partial charge in [-0.1, -0.05) is 205 Å². The third-order valence-electron chi connectivity index (χ3n) is 14.9. The number of hydrogen-bond donors (Lipinski definition) is 1. The van der Waals surface area contributed by atoms with Crippen molar-refractivity contribution in [2.75, 3.05) is 5.32 Å². The average molecular weight is 807 g/mol. The highest BCUT2D eigenvalue weighted by Gasteiger charge is 2.42. The zero-order chi connectivity index (χ0) is 41.6. The number of anilines is 2. The van der Waals surface area contributed by atoms with Crippen LogP contribution in [-0.4, -0.2) is 18.0 Å². The Morgan fingerprint density at radius 2 is 0.750 bits per heavy atom. The van der Waals surface area contributed by atoms with E-state index in [4.69, 9.17) is 0 Å². The molecule has 5 heterocycles. The van der Waals surface area contributed by atoms with Crippen LogP contribution in [0.15, 0.2) is 212 Å². The van der Waals surface area contributed by atoms with Crippen molar-refractivity contribution >= 4 is 79.4 Å². The molecule has 64 heavy (non-hydrogen) atoms. The molecule has 1 N–H and O–H groups in total. The third kappa shape index (κ3) is 4.47. The van der Waals surface area contributed by atoms with Crippen molar-refractivity contribution in [3.63, 3.8) is 0 Å². The van der Waals surface area contributed by atoms with Gasteiger partial charge >= 0.3 is 0 Å². The number of nitrogens with one attached hydrogen (secondary N) is 1. The molecule has 0 saturated heterocycles. The topological polar surface area (TPSA) is 17.0 Å². The highest BCUT2D eigenvalue weighted by atomic mass is 15.0. The monoisotopic (exact) mass is 806 g/mol. The van der Waals surface area contributed by atoms with Crippen LogP contribution in [0, 0.1) is 0 Å². The summed E-state index contributed by atoms with van der Waals surface area (Å²) in [5, 5.41) is 6.67. The van der Waals surface area contributed by atoms with E-state index in [9.17, 15) is 0 Å². The van der Waals surface area contributed by atoms with Crippen molar-refractivity contribution in [1.82, 2.24) is 4.57 Å². The Morgan fingerprint density at radius 3 is 1.34 bits per heavy atom. The van der Waals surface area contributed by atoms with Gasteiger partial charge in [0.1, 0.15) is 0 Å². The first-order chi connectivity index (χ1) is 31.8. The fourth-order valence-electron chi connectivity index (χ4n) is 12.4. The zero-order valence-electron chi connectivity index (χ0n) is 34.8. The van der Waals surface area contributed by atoms with Crippen LogP contribution in [0.5, 0.6) is 0 Å². The van der Waals surface area contributed by atoms with Gasteiger partial charge < -0.3 is 9.88 Å². The van der Waals surface area contributed by atoms with Crippen molar-refractivity contribution in [3.05, 3.63) is 212 Å². The van der Waals surface area contributed by atoms with Gasteiger partial charge in [-0.25, -0.2) is 0 Å². The highest BCUT2D eigenvalue weighted by molar-refractivity contribution is 7.02. The molecule has 0 atom stereocenters. The Labute approximate surface area is 372 Å². The summed E-state index contributed by atoms with van der Waals surface area (Å²) < 4.78 is 2.60. The molecule has 0 saturated carbocycles. The van der Waals surface area contributed by atoms with Crippen molar-refractivity contribution in [3.8, 4) is 72.4 Å². The number of fused-ring (bicyclic) bond motifs is 22. The van der Waals surface area contributed by atoms with Gasteiger partial charge in [0.15, 0.2) is 0 Å². The second-order valence-corrected chi connectivity index (χ2v) is 17.9. The van der Waals surface area contributed by atoms with Gasteiger partial charge in [0.2, 0.25) is 13.4 Å². The molecule has 0 bridgehead atoms. The Bertz CT molecular complexity index is 3860. The van der Waals surface area contributed by atoms with Crippen molar-refractivity contribution in [2.45, 2.75) is 0 Å². The van der Waals surface area contributed by atoms with Gasteiger partial charge in [-0.05, 0) is 107 Å². The maximum atomic E-state index is 4.10. The van der Waals surface area contributed by atoms with Crippen molar-refractivity contribution in [1.29, 1.82) is 0 Å². The number of aromatic nitrogens is 1. The first kappa shape index (κ1) is 34.5. The molecule has 0 fully saturated rings. The first-order valence-corrected chi connectivity index (χ1v) is 22.5. The predicted octanol–water partition coefficient (Wildman–Crippen LogP) is 10.8. The third-order valence-corrected chi connectivity index (χ3v) is 14.9. The maximum absolute atomic E-state index is 4.10. The molecule has 292 valence electrons. The van der Waals surface area contributed by atoms with Crippen LogP contribution < -0.4 is 38.1 Å². The molecule has 2 nitrogen and oxygen atoms in total. The van der Waals surface area contributed by atoms with Crippen molar-refractivity contribution in [2.24, 2.45) is 0 Å². The van der Waals surface area contributed by atoms with E-state index in [2.05, 4.69) is 222 Å². The summed E-state index contributed by atoms with van der Waals surface area (Å²) in [7, 11) is 0.